The lowest BCUT2D eigenvalue weighted by molar-refractivity contribution is 0.0476. The van der Waals surface area contributed by atoms with Gasteiger partial charge in [-0.05, 0) is 29.8 Å². The van der Waals surface area contributed by atoms with E-state index in [0.717, 1.165) is 5.56 Å². The molecule has 1 aliphatic heterocycles. The molecule has 0 aliphatic carbocycles. The van der Waals surface area contributed by atoms with Crippen LogP contribution in [0, 0.1) is 5.82 Å². The van der Waals surface area contributed by atoms with Crippen LogP contribution >= 0.6 is 0 Å². The summed E-state index contributed by atoms with van der Waals surface area (Å²) in [6.07, 6.45) is -0.257. The van der Waals surface area contributed by atoms with Crippen LogP contribution < -0.4 is 0 Å². The molecule has 0 radical (unpaired) electrons. The third-order valence-corrected chi connectivity index (χ3v) is 3.17. The Kier molecular flexibility index (Phi) is 3.48. The summed E-state index contributed by atoms with van der Waals surface area (Å²) in [5.74, 6) is -0.639. The van der Waals surface area contributed by atoms with Gasteiger partial charge in [-0.3, -0.25) is 0 Å². The molecule has 4 heteroatoms. The zero-order valence-corrected chi connectivity index (χ0v) is 10.7. The van der Waals surface area contributed by atoms with Crippen LogP contribution in [-0.4, -0.2) is 18.7 Å². The Labute approximate surface area is 115 Å². The minimum Gasteiger partial charge on any atom is -0.459 e. The molecule has 1 fully saturated rings. The van der Waals surface area contributed by atoms with Gasteiger partial charge in [-0.25, -0.2) is 9.18 Å². The second-order valence-electron chi connectivity index (χ2n) is 4.61. The quantitative estimate of drug-likeness (QED) is 0.634. The molecular weight excluding hydrogens is 259 g/mol. The van der Waals surface area contributed by atoms with Gasteiger partial charge in [-0.2, -0.15) is 0 Å². The molecule has 20 heavy (non-hydrogen) atoms. The summed E-state index contributed by atoms with van der Waals surface area (Å²) >= 11 is 0. The zero-order chi connectivity index (χ0) is 13.9. The van der Waals surface area contributed by atoms with Crippen molar-refractivity contribution < 1.29 is 18.7 Å². The fourth-order valence-corrected chi connectivity index (χ4v) is 2.03. The maximum atomic E-state index is 12.8. The van der Waals surface area contributed by atoms with Gasteiger partial charge in [0, 0.05) is 0 Å². The number of esters is 1. The number of epoxide rings is 1. The molecule has 0 N–H and O–H groups in total. The second kappa shape index (κ2) is 5.43. The molecule has 102 valence electrons. The van der Waals surface area contributed by atoms with Gasteiger partial charge >= 0.3 is 5.97 Å². The van der Waals surface area contributed by atoms with Crippen molar-refractivity contribution in [1.29, 1.82) is 0 Å². The predicted molar refractivity (Wildman–Crippen MR) is 70.7 cm³/mol. The molecule has 1 aliphatic rings. The average Bonchev–Trinajstić information content (AvgIpc) is 3.26. The van der Waals surface area contributed by atoms with Crippen LogP contribution in [0.25, 0.3) is 0 Å². The molecule has 3 nitrogen and oxygen atoms in total. The monoisotopic (exact) mass is 272 g/mol. The first-order valence-electron chi connectivity index (χ1n) is 6.37. The first-order valence-corrected chi connectivity index (χ1v) is 6.37. The van der Waals surface area contributed by atoms with E-state index in [1.165, 1.54) is 12.1 Å². The van der Waals surface area contributed by atoms with E-state index >= 15 is 0 Å². The summed E-state index contributed by atoms with van der Waals surface area (Å²) in [5.41, 5.74) is 1.42. The number of rotatable bonds is 4. The normalized spacial score (nSPS) is 20.4. The van der Waals surface area contributed by atoms with Crippen LogP contribution in [0.3, 0.4) is 0 Å². The van der Waals surface area contributed by atoms with E-state index in [0.29, 0.717) is 5.56 Å². The van der Waals surface area contributed by atoms with Crippen LogP contribution in [0.4, 0.5) is 4.39 Å². The Bertz CT molecular complexity index is 595. The smallest absolute Gasteiger partial charge is 0.338 e. The lowest BCUT2D eigenvalue weighted by Gasteiger charge is -2.02. The second-order valence-corrected chi connectivity index (χ2v) is 4.61. The Balaban J connectivity index is 1.52. The number of ether oxygens (including phenoxy) is 2. The van der Waals surface area contributed by atoms with Crippen molar-refractivity contribution in [2.24, 2.45) is 0 Å². The van der Waals surface area contributed by atoms with E-state index in [4.69, 9.17) is 9.47 Å². The Morgan fingerprint density at radius 2 is 1.80 bits per heavy atom. The van der Waals surface area contributed by atoms with Gasteiger partial charge in [0.15, 0.2) is 0 Å². The number of carbonyl (C=O) groups excluding carboxylic acids is 1. The Morgan fingerprint density at radius 3 is 2.50 bits per heavy atom. The van der Waals surface area contributed by atoms with Crippen molar-refractivity contribution in [3.63, 3.8) is 0 Å². The topological polar surface area (TPSA) is 38.8 Å². The highest BCUT2D eigenvalue weighted by Crippen LogP contribution is 2.38. The van der Waals surface area contributed by atoms with Crippen molar-refractivity contribution in [3.8, 4) is 0 Å². The fraction of sp³-hybridized carbons (Fsp3) is 0.188. The maximum Gasteiger partial charge on any atom is 0.338 e. The SMILES string of the molecule is O=C(OCC1OC1c1ccc(F)cc1)c1ccccc1. The van der Waals surface area contributed by atoms with Crippen LogP contribution in [0.5, 0.6) is 0 Å². The van der Waals surface area contributed by atoms with Crippen LogP contribution in [0.1, 0.15) is 22.0 Å². The minimum absolute atomic E-state index is 0.112. The summed E-state index contributed by atoms with van der Waals surface area (Å²) in [6.45, 7) is 0.204. The maximum absolute atomic E-state index is 12.8. The van der Waals surface area contributed by atoms with Crippen molar-refractivity contribution >= 4 is 5.97 Å². The molecule has 2 aromatic rings. The summed E-state index contributed by atoms with van der Waals surface area (Å²) in [7, 11) is 0. The van der Waals surface area contributed by atoms with Crippen molar-refractivity contribution in [3.05, 3.63) is 71.5 Å². The molecule has 3 rings (SSSR count). The molecule has 2 aromatic carbocycles. The van der Waals surface area contributed by atoms with Gasteiger partial charge in [0.2, 0.25) is 0 Å². The molecule has 1 saturated heterocycles. The largest absolute Gasteiger partial charge is 0.459 e. The third-order valence-electron chi connectivity index (χ3n) is 3.17. The first kappa shape index (κ1) is 12.8. The molecule has 0 spiro atoms. The van der Waals surface area contributed by atoms with Crippen LogP contribution in [-0.2, 0) is 9.47 Å². The summed E-state index contributed by atoms with van der Waals surface area (Å²) < 4.78 is 23.4. The number of carbonyl (C=O) groups is 1. The highest BCUT2D eigenvalue weighted by molar-refractivity contribution is 5.89. The molecule has 0 saturated carbocycles. The third kappa shape index (κ3) is 2.86. The van der Waals surface area contributed by atoms with E-state index in [1.54, 1.807) is 36.4 Å². The summed E-state index contributed by atoms with van der Waals surface area (Å²) in [4.78, 5) is 11.7. The highest BCUT2D eigenvalue weighted by Gasteiger charge is 2.41. The molecule has 2 unspecified atom stereocenters. The molecule has 2 atom stereocenters. The van der Waals surface area contributed by atoms with E-state index < -0.39 is 0 Å². The van der Waals surface area contributed by atoms with Gasteiger partial charge in [0.25, 0.3) is 0 Å². The summed E-state index contributed by atoms with van der Waals surface area (Å²) in [6, 6.07) is 15.0. The van der Waals surface area contributed by atoms with E-state index in [-0.39, 0.29) is 30.6 Å². The lowest BCUT2D eigenvalue weighted by atomic mass is 10.1. The Morgan fingerprint density at radius 1 is 1.10 bits per heavy atom. The van der Waals surface area contributed by atoms with Gasteiger partial charge in [0.1, 0.15) is 24.6 Å². The number of hydrogen-bond donors (Lipinski definition) is 0. The number of hydrogen-bond acceptors (Lipinski definition) is 3. The highest BCUT2D eigenvalue weighted by atomic mass is 19.1. The van der Waals surface area contributed by atoms with E-state index in [9.17, 15) is 9.18 Å². The number of benzene rings is 2. The summed E-state index contributed by atoms with van der Waals surface area (Å²) in [5, 5.41) is 0. The van der Waals surface area contributed by atoms with Gasteiger partial charge < -0.3 is 9.47 Å². The van der Waals surface area contributed by atoms with Gasteiger partial charge in [-0.1, -0.05) is 30.3 Å². The fourth-order valence-electron chi connectivity index (χ4n) is 2.03. The first-order chi connectivity index (χ1) is 9.74. The van der Waals surface area contributed by atoms with E-state index in [2.05, 4.69) is 0 Å². The number of halogens is 1. The predicted octanol–water partition coefficient (Wildman–Crippen LogP) is 3.12. The standard InChI is InChI=1S/C16H13FO3/c17-13-8-6-11(7-9-13)15-14(20-15)10-19-16(18)12-4-2-1-3-5-12/h1-9,14-15H,10H2. The van der Waals surface area contributed by atoms with Crippen molar-refractivity contribution in [1.82, 2.24) is 0 Å². The van der Waals surface area contributed by atoms with Crippen LogP contribution in [0.15, 0.2) is 54.6 Å². The van der Waals surface area contributed by atoms with Gasteiger partial charge in [0.05, 0.1) is 5.56 Å². The van der Waals surface area contributed by atoms with Crippen molar-refractivity contribution in [2.75, 3.05) is 6.61 Å². The minimum atomic E-state index is -0.362. The van der Waals surface area contributed by atoms with Crippen molar-refractivity contribution in [2.45, 2.75) is 12.2 Å². The molecule has 0 bridgehead atoms. The Hall–Kier alpha value is -2.20. The molecular formula is C16H13FO3. The molecule has 0 aromatic heterocycles. The average molecular weight is 272 g/mol. The van der Waals surface area contributed by atoms with Gasteiger partial charge in [-0.15, -0.1) is 0 Å². The van der Waals surface area contributed by atoms with E-state index in [1.807, 2.05) is 6.07 Å². The zero-order valence-electron chi connectivity index (χ0n) is 10.7. The molecule has 0 amide bonds. The molecule has 1 heterocycles. The lowest BCUT2D eigenvalue weighted by Crippen LogP contribution is -2.10. The van der Waals surface area contributed by atoms with Crippen LogP contribution in [0.2, 0.25) is 0 Å².